The molecule has 0 unspecified atom stereocenters. The lowest BCUT2D eigenvalue weighted by Crippen LogP contribution is -2.28. The third-order valence-electron chi connectivity index (χ3n) is 3.98. The molecule has 25 heavy (non-hydrogen) atoms. The normalized spacial score (nSPS) is 10.9. The molecule has 5 heteroatoms. The molecule has 0 bridgehead atoms. The standard InChI is InChI=1S/C20H17N3O2/c24-20(21-12-19-22-17-7-3-4-8-18(17)23-19)13-25-16-10-9-14-5-1-2-6-15(14)11-16/h1-11H,12-13H2,(H,21,24)(H,22,23). The van der Waals surface area contributed by atoms with Gasteiger partial charge in [-0.15, -0.1) is 0 Å². The van der Waals surface area contributed by atoms with Gasteiger partial charge in [0.1, 0.15) is 11.6 Å². The van der Waals surface area contributed by atoms with Crippen molar-refractivity contribution in [2.45, 2.75) is 6.54 Å². The predicted molar refractivity (Wildman–Crippen MR) is 97.4 cm³/mol. The summed E-state index contributed by atoms with van der Waals surface area (Å²) in [6.07, 6.45) is 0. The molecule has 0 spiro atoms. The first-order valence-corrected chi connectivity index (χ1v) is 8.10. The van der Waals surface area contributed by atoms with Crippen molar-refractivity contribution in [3.63, 3.8) is 0 Å². The zero-order chi connectivity index (χ0) is 17.1. The first kappa shape index (κ1) is 15.2. The van der Waals surface area contributed by atoms with Crippen LogP contribution in [0.5, 0.6) is 5.75 Å². The Bertz CT molecular complexity index is 1010. The molecule has 4 rings (SSSR count). The van der Waals surface area contributed by atoms with E-state index in [1.54, 1.807) is 0 Å². The molecule has 4 aromatic rings. The number of nitrogens with zero attached hydrogens (tertiary/aromatic N) is 1. The number of benzene rings is 3. The quantitative estimate of drug-likeness (QED) is 0.589. The van der Waals surface area contributed by atoms with Crippen LogP contribution in [0.25, 0.3) is 21.8 Å². The van der Waals surface area contributed by atoms with Crippen LogP contribution in [0.3, 0.4) is 0 Å². The minimum absolute atomic E-state index is 0.0292. The third kappa shape index (κ3) is 3.45. The number of para-hydroxylation sites is 2. The van der Waals surface area contributed by atoms with E-state index in [-0.39, 0.29) is 12.5 Å². The van der Waals surface area contributed by atoms with Crippen LogP contribution in [-0.4, -0.2) is 22.5 Å². The second-order valence-electron chi connectivity index (χ2n) is 5.78. The molecule has 0 atom stereocenters. The number of amides is 1. The number of hydrogen-bond acceptors (Lipinski definition) is 3. The first-order chi connectivity index (χ1) is 12.3. The van der Waals surface area contributed by atoms with Crippen molar-refractivity contribution in [2.75, 3.05) is 6.61 Å². The van der Waals surface area contributed by atoms with Gasteiger partial charge in [-0.05, 0) is 35.0 Å². The van der Waals surface area contributed by atoms with Gasteiger partial charge < -0.3 is 15.0 Å². The molecule has 0 saturated carbocycles. The summed E-state index contributed by atoms with van der Waals surface area (Å²) in [5, 5.41) is 5.04. The van der Waals surface area contributed by atoms with Crippen LogP contribution in [0.15, 0.2) is 66.7 Å². The SMILES string of the molecule is O=C(COc1ccc2ccccc2c1)NCc1nc2ccccc2[nH]1. The maximum Gasteiger partial charge on any atom is 0.258 e. The van der Waals surface area contributed by atoms with Crippen LogP contribution < -0.4 is 10.1 Å². The average molecular weight is 331 g/mol. The number of carbonyl (C=O) groups excluding carboxylic acids is 1. The van der Waals surface area contributed by atoms with Crippen LogP contribution in [0.2, 0.25) is 0 Å². The molecule has 1 aromatic heterocycles. The molecule has 0 aliphatic rings. The number of hydrogen-bond donors (Lipinski definition) is 2. The van der Waals surface area contributed by atoms with Gasteiger partial charge in [0, 0.05) is 0 Å². The monoisotopic (exact) mass is 331 g/mol. The molecular weight excluding hydrogens is 314 g/mol. The fourth-order valence-electron chi connectivity index (χ4n) is 2.73. The van der Waals surface area contributed by atoms with E-state index >= 15 is 0 Å². The lowest BCUT2D eigenvalue weighted by Gasteiger charge is -2.07. The molecule has 0 aliphatic carbocycles. The molecule has 0 aliphatic heterocycles. The Labute approximate surface area is 144 Å². The van der Waals surface area contributed by atoms with Crippen LogP contribution >= 0.6 is 0 Å². The number of aromatic nitrogens is 2. The summed E-state index contributed by atoms with van der Waals surface area (Å²) in [6, 6.07) is 21.6. The molecular formula is C20H17N3O2. The van der Waals surface area contributed by atoms with Crippen molar-refractivity contribution in [3.8, 4) is 5.75 Å². The van der Waals surface area contributed by atoms with Crippen molar-refractivity contribution >= 4 is 27.7 Å². The van der Waals surface area contributed by atoms with Crippen molar-refractivity contribution < 1.29 is 9.53 Å². The van der Waals surface area contributed by atoms with Gasteiger partial charge in [-0.1, -0.05) is 42.5 Å². The zero-order valence-corrected chi connectivity index (χ0v) is 13.5. The lowest BCUT2D eigenvalue weighted by atomic mass is 10.1. The zero-order valence-electron chi connectivity index (χ0n) is 13.5. The number of rotatable bonds is 5. The van der Waals surface area contributed by atoms with Gasteiger partial charge in [0.15, 0.2) is 6.61 Å². The fraction of sp³-hybridized carbons (Fsp3) is 0.100. The topological polar surface area (TPSA) is 67.0 Å². The van der Waals surface area contributed by atoms with Crippen molar-refractivity contribution in [1.82, 2.24) is 15.3 Å². The highest BCUT2D eigenvalue weighted by Crippen LogP contribution is 2.20. The van der Waals surface area contributed by atoms with Gasteiger partial charge in [0.2, 0.25) is 0 Å². The van der Waals surface area contributed by atoms with E-state index < -0.39 is 0 Å². The number of carbonyl (C=O) groups is 1. The summed E-state index contributed by atoms with van der Waals surface area (Å²) < 4.78 is 5.58. The molecule has 5 nitrogen and oxygen atoms in total. The highest BCUT2D eigenvalue weighted by molar-refractivity contribution is 5.84. The van der Waals surface area contributed by atoms with E-state index in [0.717, 1.165) is 27.6 Å². The molecule has 1 heterocycles. The molecule has 0 saturated heterocycles. The van der Waals surface area contributed by atoms with E-state index in [2.05, 4.69) is 15.3 Å². The van der Waals surface area contributed by atoms with Gasteiger partial charge in [-0.3, -0.25) is 4.79 Å². The Kier molecular flexibility index (Phi) is 4.04. The molecule has 3 aromatic carbocycles. The van der Waals surface area contributed by atoms with Crippen molar-refractivity contribution in [2.24, 2.45) is 0 Å². The lowest BCUT2D eigenvalue weighted by molar-refractivity contribution is -0.123. The largest absolute Gasteiger partial charge is 0.484 e. The summed E-state index contributed by atoms with van der Waals surface area (Å²) in [6.45, 7) is 0.313. The summed E-state index contributed by atoms with van der Waals surface area (Å²) in [5.74, 6) is 1.21. The Hall–Kier alpha value is -3.34. The van der Waals surface area contributed by atoms with Crippen molar-refractivity contribution in [1.29, 1.82) is 0 Å². The van der Waals surface area contributed by atoms with Crippen molar-refractivity contribution in [3.05, 3.63) is 72.6 Å². The maximum atomic E-state index is 12.0. The number of fused-ring (bicyclic) bond motifs is 2. The molecule has 124 valence electrons. The van der Waals surface area contributed by atoms with Crippen LogP contribution in [0, 0.1) is 0 Å². The molecule has 2 N–H and O–H groups in total. The van der Waals surface area contributed by atoms with Gasteiger partial charge >= 0.3 is 0 Å². The van der Waals surface area contributed by atoms with E-state index in [1.165, 1.54) is 0 Å². The minimum atomic E-state index is -0.186. The highest BCUT2D eigenvalue weighted by Gasteiger charge is 2.06. The average Bonchev–Trinajstić information content (AvgIpc) is 3.07. The summed E-state index contributed by atoms with van der Waals surface area (Å²) in [5.41, 5.74) is 1.85. The summed E-state index contributed by atoms with van der Waals surface area (Å²) in [7, 11) is 0. The van der Waals surface area contributed by atoms with Gasteiger partial charge in [-0.2, -0.15) is 0 Å². The Morgan fingerprint density at radius 2 is 1.80 bits per heavy atom. The molecule has 0 radical (unpaired) electrons. The van der Waals surface area contributed by atoms with Crippen LogP contribution in [-0.2, 0) is 11.3 Å². The summed E-state index contributed by atoms with van der Waals surface area (Å²) >= 11 is 0. The van der Waals surface area contributed by atoms with Gasteiger partial charge in [0.05, 0.1) is 17.6 Å². The number of aromatic amines is 1. The second-order valence-corrected chi connectivity index (χ2v) is 5.78. The Balaban J connectivity index is 1.33. The fourth-order valence-corrected chi connectivity index (χ4v) is 2.73. The van der Waals surface area contributed by atoms with Crippen LogP contribution in [0.4, 0.5) is 0 Å². The number of nitrogens with one attached hydrogen (secondary N) is 2. The molecule has 0 fully saturated rings. The number of ether oxygens (including phenoxy) is 1. The number of H-pyrrole nitrogens is 1. The third-order valence-corrected chi connectivity index (χ3v) is 3.98. The van der Waals surface area contributed by atoms with Gasteiger partial charge in [0.25, 0.3) is 5.91 Å². The minimum Gasteiger partial charge on any atom is -0.484 e. The van der Waals surface area contributed by atoms with E-state index in [0.29, 0.717) is 12.3 Å². The number of imidazole rings is 1. The van der Waals surface area contributed by atoms with E-state index in [4.69, 9.17) is 4.74 Å². The van der Waals surface area contributed by atoms with E-state index in [9.17, 15) is 4.79 Å². The first-order valence-electron chi connectivity index (χ1n) is 8.10. The smallest absolute Gasteiger partial charge is 0.258 e. The molecule has 1 amide bonds. The Morgan fingerprint density at radius 3 is 2.68 bits per heavy atom. The van der Waals surface area contributed by atoms with Gasteiger partial charge in [-0.25, -0.2) is 4.98 Å². The Morgan fingerprint density at radius 1 is 1.00 bits per heavy atom. The predicted octanol–water partition coefficient (Wildman–Crippen LogP) is 3.41. The van der Waals surface area contributed by atoms with E-state index in [1.807, 2.05) is 66.7 Å². The maximum absolute atomic E-state index is 12.0. The highest BCUT2D eigenvalue weighted by atomic mass is 16.5. The van der Waals surface area contributed by atoms with Crippen LogP contribution in [0.1, 0.15) is 5.82 Å². The summed E-state index contributed by atoms with van der Waals surface area (Å²) in [4.78, 5) is 19.6. The second kappa shape index (κ2) is 6.65.